The molecule has 0 spiro atoms. The monoisotopic (exact) mass is 275 g/mol. The molecule has 1 aliphatic heterocycles. The summed E-state index contributed by atoms with van der Waals surface area (Å²) in [5.41, 5.74) is 7.10. The Morgan fingerprint density at radius 1 is 1.40 bits per heavy atom. The number of likely N-dealkylation sites (tertiary alicyclic amines) is 1. The summed E-state index contributed by atoms with van der Waals surface area (Å²) >= 11 is 0. The van der Waals surface area contributed by atoms with Crippen LogP contribution in [0, 0.1) is 11.7 Å². The third-order valence-corrected chi connectivity index (χ3v) is 3.94. The third kappa shape index (κ3) is 2.59. The molecule has 106 valence electrons. The Morgan fingerprint density at radius 2 is 2.25 bits per heavy atom. The highest BCUT2D eigenvalue weighted by molar-refractivity contribution is 5.78. The van der Waals surface area contributed by atoms with Crippen LogP contribution in [0.15, 0.2) is 29.1 Å². The Bertz CT molecular complexity index is 682. The average Bonchev–Trinajstić information content (AvgIpc) is 2.87. The fourth-order valence-electron chi connectivity index (χ4n) is 2.85. The third-order valence-electron chi connectivity index (χ3n) is 3.94. The number of pyridine rings is 1. The van der Waals surface area contributed by atoms with Crippen LogP contribution < -0.4 is 11.2 Å². The van der Waals surface area contributed by atoms with Gasteiger partial charge in [-0.25, -0.2) is 4.39 Å². The van der Waals surface area contributed by atoms with E-state index in [1.54, 1.807) is 12.1 Å². The second-order valence-corrected chi connectivity index (χ2v) is 5.47. The van der Waals surface area contributed by atoms with Gasteiger partial charge in [0.2, 0.25) is 0 Å². The Morgan fingerprint density at radius 3 is 3.00 bits per heavy atom. The van der Waals surface area contributed by atoms with Crippen LogP contribution in [0.25, 0.3) is 10.9 Å². The number of hydrogen-bond donors (Lipinski definition) is 2. The topological polar surface area (TPSA) is 62.1 Å². The quantitative estimate of drug-likeness (QED) is 0.891. The highest BCUT2D eigenvalue weighted by atomic mass is 19.1. The van der Waals surface area contributed by atoms with Crippen LogP contribution in [0.2, 0.25) is 0 Å². The van der Waals surface area contributed by atoms with Gasteiger partial charge in [0.05, 0.1) is 0 Å². The van der Waals surface area contributed by atoms with Gasteiger partial charge < -0.3 is 10.7 Å². The minimum Gasteiger partial charge on any atom is -0.357 e. The maximum absolute atomic E-state index is 13.2. The molecule has 1 fully saturated rings. The van der Waals surface area contributed by atoms with Crippen LogP contribution in [0.4, 0.5) is 4.39 Å². The summed E-state index contributed by atoms with van der Waals surface area (Å²) in [6, 6.07) is 5.82. The number of H-pyrrole nitrogens is 1. The van der Waals surface area contributed by atoms with E-state index in [9.17, 15) is 9.18 Å². The number of fused-ring (bicyclic) bond motifs is 1. The predicted molar refractivity (Wildman–Crippen MR) is 77.0 cm³/mol. The van der Waals surface area contributed by atoms with Gasteiger partial charge in [-0.2, -0.15) is 0 Å². The average molecular weight is 275 g/mol. The molecule has 0 aliphatic carbocycles. The van der Waals surface area contributed by atoms with Crippen molar-refractivity contribution in [3.05, 3.63) is 46.0 Å². The van der Waals surface area contributed by atoms with Gasteiger partial charge in [0.15, 0.2) is 5.43 Å². The standard InChI is InChI=1S/C15H18FN3O/c16-11-1-2-14-13(5-11)15(20)6-12(18-14)9-19-4-3-10(7-17)8-19/h1-2,5-6,10H,3-4,7-9,17H2,(H,18,20)/t10-/m0/s1. The second-order valence-electron chi connectivity index (χ2n) is 5.47. The van der Waals surface area contributed by atoms with Crippen molar-refractivity contribution >= 4 is 10.9 Å². The first-order valence-corrected chi connectivity index (χ1v) is 6.89. The number of nitrogens with zero attached hydrogens (tertiary/aromatic N) is 1. The van der Waals surface area contributed by atoms with Crippen LogP contribution in [-0.2, 0) is 6.54 Å². The lowest BCUT2D eigenvalue weighted by Gasteiger charge is -2.15. The van der Waals surface area contributed by atoms with E-state index in [1.165, 1.54) is 12.1 Å². The maximum Gasteiger partial charge on any atom is 0.189 e. The van der Waals surface area contributed by atoms with E-state index in [0.717, 1.165) is 25.2 Å². The molecule has 1 saturated heterocycles. The predicted octanol–water partition coefficient (Wildman–Crippen LogP) is 1.45. The van der Waals surface area contributed by atoms with Crippen LogP contribution in [0.5, 0.6) is 0 Å². The maximum atomic E-state index is 13.2. The summed E-state index contributed by atoms with van der Waals surface area (Å²) in [5, 5.41) is 0.398. The molecule has 3 N–H and O–H groups in total. The molecule has 1 aromatic carbocycles. The zero-order chi connectivity index (χ0) is 14.1. The molecule has 2 heterocycles. The Kier molecular flexibility index (Phi) is 3.54. The molecule has 5 heteroatoms. The fourth-order valence-corrected chi connectivity index (χ4v) is 2.85. The molecule has 1 atom stereocenters. The first kappa shape index (κ1) is 13.3. The molecular weight excluding hydrogens is 257 g/mol. The summed E-state index contributed by atoms with van der Waals surface area (Å²) in [6.45, 7) is 3.40. The normalized spacial score (nSPS) is 19.8. The van der Waals surface area contributed by atoms with Crippen LogP contribution in [0.3, 0.4) is 0 Å². The van der Waals surface area contributed by atoms with Crippen molar-refractivity contribution in [2.24, 2.45) is 11.7 Å². The van der Waals surface area contributed by atoms with E-state index in [0.29, 0.717) is 29.9 Å². The van der Waals surface area contributed by atoms with Crippen molar-refractivity contribution in [2.75, 3.05) is 19.6 Å². The van der Waals surface area contributed by atoms with Crippen LogP contribution in [-0.4, -0.2) is 29.5 Å². The lowest BCUT2D eigenvalue weighted by Crippen LogP contribution is -2.24. The van der Waals surface area contributed by atoms with Gasteiger partial charge in [-0.15, -0.1) is 0 Å². The molecule has 0 unspecified atom stereocenters. The Hall–Kier alpha value is -1.72. The van der Waals surface area contributed by atoms with E-state index >= 15 is 0 Å². The molecular formula is C15H18FN3O. The number of aromatic amines is 1. The minimum absolute atomic E-state index is 0.136. The molecule has 0 amide bonds. The molecule has 0 saturated carbocycles. The molecule has 1 aliphatic rings. The molecule has 0 bridgehead atoms. The van der Waals surface area contributed by atoms with E-state index in [2.05, 4.69) is 9.88 Å². The number of aromatic nitrogens is 1. The number of hydrogen-bond acceptors (Lipinski definition) is 3. The van der Waals surface area contributed by atoms with Crippen molar-refractivity contribution in [3.8, 4) is 0 Å². The summed E-state index contributed by atoms with van der Waals surface area (Å²) in [6.07, 6.45) is 1.11. The van der Waals surface area contributed by atoms with Gasteiger partial charge in [0, 0.05) is 35.8 Å². The summed E-state index contributed by atoms with van der Waals surface area (Å²) in [5.74, 6) is 0.164. The SMILES string of the molecule is NC[C@@H]1CCN(Cc2cc(=O)c3cc(F)ccc3[nH]2)C1. The summed E-state index contributed by atoms with van der Waals surface area (Å²) < 4.78 is 13.2. The Labute approximate surface area is 116 Å². The summed E-state index contributed by atoms with van der Waals surface area (Å²) in [4.78, 5) is 17.5. The van der Waals surface area contributed by atoms with E-state index in [1.807, 2.05) is 0 Å². The van der Waals surface area contributed by atoms with Crippen LogP contribution in [0.1, 0.15) is 12.1 Å². The summed E-state index contributed by atoms with van der Waals surface area (Å²) in [7, 11) is 0. The number of rotatable bonds is 3. The molecule has 2 aromatic rings. The van der Waals surface area contributed by atoms with Gasteiger partial charge in [-0.05, 0) is 43.6 Å². The number of nitrogens with two attached hydrogens (primary N) is 1. The number of halogens is 1. The number of nitrogens with one attached hydrogen (secondary N) is 1. The lowest BCUT2D eigenvalue weighted by atomic mass is 10.1. The smallest absolute Gasteiger partial charge is 0.189 e. The lowest BCUT2D eigenvalue weighted by molar-refractivity contribution is 0.314. The molecule has 1 aromatic heterocycles. The minimum atomic E-state index is -0.388. The van der Waals surface area contributed by atoms with Crippen molar-refractivity contribution in [2.45, 2.75) is 13.0 Å². The van der Waals surface area contributed by atoms with E-state index in [4.69, 9.17) is 5.73 Å². The van der Waals surface area contributed by atoms with Gasteiger partial charge >= 0.3 is 0 Å². The van der Waals surface area contributed by atoms with E-state index < -0.39 is 0 Å². The molecule has 20 heavy (non-hydrogen) atoms. The second kappa shape index (κ2) is 5.34. The van der Waals surface area contributed by atoms with Gasteiger partial charge in [-0.1, -0.05) is 0 Å². The number of benzene rings is 1. The van der Waals surface area contributed by atoms with Crippen molar-refractivity contribution in [3.63, 3.8) is 0 Å². The fraction of sp³-hybridized carbons (Fsp3) is 0.400. The van der Waals surface area contributed by atoms with Gasteiger partial charge in [-0.3, -0.25) is 9.69 Å². The van der Waals surface area contributed by atoms with Crippen molar-refractivity contribution in [1.82, 2.24) is 9.88 Å². The Balaban J connectivity index is 1.86. The highest BCUT2D eigenvalue weighted by Gasteiger charge is 2.21. The first-order valence-electron chi connectivity index (χ1n) is 6.89. The van der Waals surface area contributed by atoms with Gasteiger partial charge in [0.25, 0.3) is 0 Å². The first-order chi connectivity index (χ1) is 9.65. The molecule has 0 radical (unpaired) electrons. The highest BCUT2D eigenvalue weighted by Crippen LogP contribution is 2.17. The van der Waals surface area contributed by atoms with Crippen molar-refractivity contribution < 1.29 is 4.39 Å². The van der Waals surface area contributed by atoms with Gasteiger partial charge in [0.1, 0.15) is 5.82 Å². The van der Waals surface area contributed by atoms with E-state index in [-0.39, 0.29) is 11.2 Å². The zero-order valence-electron chi connectivity index (χ0n) is 11.2. The van der Waals surface area contributed by atoms with Crippen LogP contribution >= 0.6 is 0 Å². The molecule has 3 rings (SSSR count). The van der Waals surface area contributed by atoms with Crippen molar-refractivity contribution in [1.29, 1.82) is 0 Å². The zero-order valence-corrected chi connectivity index (χ0v) is 11.2. The largest absolute Gasteiger partial charge is 0.357 e. The molecule has 4 nitrogen and oxygen atoms in total.